The molecular formula is C15H14FN3O5. The number of nitrogens with zero attached hydrogens (tertiary/aromatic N) is 1. The van der Waals surface area contributed by atoms with Crippen LogP contribution in [0.2, 0.25) is 0 Å². The molecule has 1 aromatic heterocycles. The first-order valence-electron chi connectivity index (χ1n) is 6.77. The van der Waals surface area contributed by atoms with Crippen molar-refractivity contribution in [3.8, 4) is 0 Å². The van der Waals surface area contributed by atoms with Crippen molar-refractivity contribution in [2.45, 2.75) is 6.92 Å². The zero-order valence-electron chi connectivity index (χ0n) is 12.9. The van der Waals surface area contributed by atoms with Crippen molar-refractivity contribution < 1.29 is 18.7 Å². The van der Waals surface area contributed by atoms with Gasteiger partial charge in [0.2, 0.25) is 5.78 Å². The molecule has 1 heterocycles. The molecule has 9 heteroatoms. The first-order chi connectivity index (χ1) is 11.2. The maximum atomic E-state index is 13.4. The highest BCUT2D eigenvalue weighted by Gasteiger charge is 2.20. The summed E-state index contributed by atoms with van der Waals surface area (Å²) in [6.07, 6.45) is 0. The van der Waals surface area contributed by atoms with Crippen molar-refractivity contribution in [3.05, 3.63) is 61.5 Å². The standard InChI is InChI=1S/C15H14FN3O5/c1-7-3-4-8(5-9(7)16)14(22)24-6-10(20)11-12(17)19(2)15(23)18-13(11)21/h3-5H,6,17H2,1-2H3,(H,18,21,23). The van der Waals surface area contributed by atoms with Crippen LogP contribution in [-0.2, 0) is 11.8 Å². The van der Waals surface area contributed by atoms with E-state index in [0.717, 1.165) is 10.6 Å². The van der Waals surface area contributed by atoms with Gasteiger partial charge < -0.3 is 10.5 Å². The Labute approximate surface area is 134 Å². The number of carbonyl (C=O) groups excluding carboxylic acids is 2. The summed E-state index contributed by atoms with van der Waals surface area (Å²) < 4.78 is 19.1. The second-order valence-electron chi connectivity index (χ2n) is 5.04. The lowest BCUT2D eigenvalue weighted by molar-refractivity contribution is 0.0474. The fourth-order valence-corrected chi connectivity index (χ4v) is 1.91. The van der Waals surface area contributed by atoms with E-state index in [0.29, 0.717) is 5.56 Å². The number of hydrogen-bond acceptors (Lipinski definition) is 6. The van der Waals surface area contributed by atoms with E-state index in [9.17, 15) is 23.6 Å². The summed E-state index contributed by atoms with van der Waals surface area (Å²) in [4.78, 5) is 48.8. The summed E-state index contributed by atoms with van der Waals surface area (Å²) in [5.74, 6) is -2.74. The molecule has 2 rings (SSSR count). The highest BCUT2D eigenvalue weighted by molar-refractivity contribution is 6.02. The van der Waals surface area contributed by atoms with Crippen molar-refractivity contribution in [1.29, 1.82) is 0 Å². The first kappa shape index (κ1) is 17.1. The Morgan fingerprint density at radius 2 is 2.00 bits per heavy atom. The van der Waals surface area contributed by atoms with E-state index in [-0.39, 0.29) is 11.4 Å². The third kappa shape index (κ3) is 3.24. The lowest BCUT2D eigenvalue weighted by Crippen LogP contribution is -2.35. The molecule has 0 aliphatic carbocycles. The SMILES string of the molecule is Cc1ccc(C(=O)OCC(=O)c2c(N)n(C)c(=O)[nH]c2=O)cc1F. The van der Waals surface area contributed by atoms with Gasteiger partial charge in [-0.15, -0.1) is 0 Å². The fourth-order valence-electron chi connectivity index (χ4n) is 1.91. The average Bonchev–Trinajstić information content (AvgIpc) is 2.53. The molecule has 1 aromatic carbocycles. The van der Waals surface area contributed by atoms with E-state index in [2.05, 4.69) is 0 Å². The summed E-state index contributed by atoms with van der Waals surface area (Å²) in [5, 5.41) is 0. The Hall–Kier alpha value is -3.23. The average molecular weight is 335 g/mol. The van der Waals surface area contributed by atoms with Gasteiger partial charge in [-0.3, -0.25) is 19.1 Å². The molecule has 8 nitrogen and oxygen atoms in total. The van der Waals surface area contributed by atoms with E-state index in [1.54, 1.807) is 0 Å². The smallest absolute Gasteiger partial charge is 0.338 e. The molecule has 0 aliphatic heterocycles. The van der Waals surface area contributed by atoms with Crippen LogP contribution in [0.15, 0.2) is 27.8 Å². The van der Waals surface area contributed by atoms with Gasteiger partial charge in [0.25, 0.3) is 5.56 Å². The quantitative estimate of drug-likeness (QED) is 0.605. The molecule has 0 amide bonds. The van der Waals surface area contributed by atoms with Crippen LogP contribution in [0.25, 0.3) is 0 Å². The van der Waals surface area contributed by atoms with Crippen LogP contribution in [-0.4, -0.2) is 27.9 Å². The number of aromatic amines is 1. The van der Waals surface area contributed by atoms with Crippen LogP contribution in [0.1, 0.15) is 26.3 Å². The van der Waals surface area contributed by atoms with Gasteiger partial charge in [0.1, 0.15) is 17.2 Å². The lowest BCUT2D eigenvalue weighted by Gasteiger charge is -2.08. The molecule has 0 fully saturated rings. The summed E-state index contributed by atoms with van der Waals surface area (Å²) in [7, 11) is 1.27. The molecule has 24 heavy (non-hydrogen) atoms. The number of esters is 1. The highest BCUT2D eigenvalue weighted by atomic mass is 19.1. The first-order valence-corrected chi connectivity index (χ1v) is 6.77. The zero-order valence-corrected chi connectivity index (χ0v) is 12.9. The van der Waals surface area contributed by atoms with Crippen molar-refractivity contribution in [1.82, 2.24) is 9.55 Å². The number of anilines is 1. The molecular weight excluding hydrogens is 321 g/mol. The minimum Gasteiger partial charge on any atom is -0.454 e. The fraction of sp³-hybridized carbons (Fsp3) is 0.200. The number of Topliss-reactive ketones (excluding diaryl/α,β-unsaturated/α-hetero) is 1. The van der Waals surface area contributed by atoms with Gasteiger partial charge in [0.15, 0.2) is 6.61 Å². The van der Waals surface area contributed by atoms with Gasteiger partial charge >= 0.3 is 11.7 Å². The summed E-state index contributed by atoms with van der Waals surface area (Å²) in [5.41, 5.74) is 3.61. The molecule has 0 saturated heterocycles. The maximum absolute atomic E-state index is 13.4. The van der Waals surface area contributed by atoms with Gasteiger partial charge in [0, 0.05) is 7.05 Å². The third-order valence-corrected chi connectivity index (χ3v) is 3.39. The molecule has 3 N–H and O–H groups in total. The highest BCUT2D eigenvalue weighted by Crippen LogP contribution is 2.11. The number of nitrogen functional groups attached to an aromatic ring is 1. The Morgan fingerprint density at radius 3 is 2.62 bits per heavy atom. The Bertz CT molecular complexity index is 945. The van der Waals surface area contributed by atoms with Crippen molar-refractivity contribution in [2.75, 3.05) is 12.3 Å². The number of H-pyrrole nitrogens is 1. The summed E-state index contributed by atoms with van der Waals surface area (Å²) in [6, 6.07) is 3.72. The predicted molar refractivity (Wildman–Crippen MR) is 82.5 cm³/mol. The van der Waals surface area contributed by atoms with E-state index in [1.165, 1.54) is 26.1 Å². The van der Waals surface area contributed by atoms with E-state index in [4.69, 9.17) is 10.5 Å². The molecule has 0 bridgehead atoms. The predicted octanol–water partition coefficient (Wildman–Crippen LogP) is 0.143. The lowest BCUT2D eigenvalue weighted by atomic mass is 10.1. The van der Waals surface area contributed by atoms with Crippen LogP contribution in [0.3, 0.4) is 0 Å². The van der Waals surface area contributed by atoms with E-state index >= 15 is 0 Å². The Balaban J connectivity index is 2.18. The van der Waals surface area contributed by atoms with Crippen LogP contribution in [0.5, 0.6) is 0 Å². The number of nitrogens with one attached hydrogen (secondary N) is 1. The number of aromatic nitrogens is 2. The molecule has 0 spiro atoms. The van der Waals surface area contributed by atoms with Crippen LogP contribution in [0.4, 0.5) is 10.2 Å². The van der Waals surface area contributed by atoms with Crippen LogP contribution in [0, 0.1) is 12.7 Å². The number of rotatable bonds is 4. The minimum absolute atomic E-state index is 0.0757. The van der Waals surface area contributed by atoms with Crippen LogP contribution >= 0.6 is 0 Å². The number of ketones is 1. The topological polar surface area (TPSA) is 124 Å². The zero-order chi connectivity index (χ0) is 18.0. The summed E-state index contributed by atoms with van der Waals surface area (Å²) >= 11 is 0. The van der Waals surface area contributed by atoms with Gasteiger partial charge in [-0.05, 0) is 24.6 Å². The third-order valence-electron chi connectivity index (χ3n) is 3.39. The maximum Gasteiger partial charge on any atom is 0.338 e. The molecule has 0 saturated carbocycles. The molecule has 0 atom stereocenters. The van der Waals surface area contributed by atoms with Gasteiger partial charge in [-0.25, -0.2) is 14.0 Å². The second kappa shape index (κ2) is 6.49. The van der Waals surface area contributed by atoms with E-state index in [1.807, 2.05) is 4.98 Å². The number of carbonyl (C=O) groups is 2. The number of nitrogens with two attached hydrogens (primary N) is 1. The van der Waals surface area contributed by atoms with Crippen LogP contribution < -0.4 is 17.0 Å². The Morgan fingerprint density at radius 1 is 1.33 bits per heavy atom. The van der Waals surface area contributed by atoms with Gasteiger partial charge in [-0.1, -0.05) is 6.07 Å². The number of ether oxygens (including phenoxy) is 1. The molecule has 2 aromatic rings. The van der Waals surface area contributed by atoms with Crippen molar-refractivity contribution in [2.24, 2.45) is 7.05 Å². The number of benzene rings is 1. The van der Waals surface area contributed by atoms with Crippen molar-refractivity contribution in [3.63, 3.8) is 0 Å². The largest absolute Gasteiger partial charge is 0.454 e. The minimum atomic E-state index is -0.974. The molecule has 0 unspecified atom stereocenters. The number of aryl methyl sites for hydroxylation is 1. The van der Waals surface area contributed by atoms with Gasteiger partial charge in [-0.2, -0.15) is 0 Å². The Kier molecular flexibility index (Phi) is 4.63. The van der Waals surface area contributed by atoms with E-state index < -0.39 is 41.0 Å². The molecule has 0 aliphatic rings. The molecule has 126 valence electrons. The number of hydrogen-bond donors (Lipinski definition) is 2. The summed E-state index contributed by atoms with van der Waals surface area (Å²) in [6.45, 7) is 0.752. The monoisotopic (exact) mass is 335 g/mol. The number of halogens is 1. The molecule has 0 radical (unpaired) electrons. The van der Waals surface area contributed by atoms with Crippen molar-refractivity contribution >= 4 is 17.6 Å². The van der Waals surface area contributed by atoms with Gasteiger partial charge in [0.05, 0.1) is 5.56 Å². The normalized spacial score (nSPS) is 10.5. The second-order valence-corrected chi connectivity index (χ2v) is 5.04.